The summed E-state index contributed by atoms with van der Waals surface area (Å²) in [6.07, 6.45) is -16.1. The van der Waals surface area contributed by atoms with Gasteiger partial charge in [-0.2, -0.15) is 39.5 Å². The van der Waals surface area contributed by atoms with Crippen molar-refractivity contribution < 1.29 is 43.9 Å². The fraction of sp³-hybridized carbons (Fsp3) is 0.333. The molecule has 0 N–H and O–H groups in total. The lowest BCUT2D eigenvalue weighted by Crippen LogP contribution is -2.50. The van der Waals surface area contributed by atoms with Gasteiger partial charge < -0.3 is 4.57 Å². The Bertz CT molecular complexity index is 766. The summed E-state index contributed by atoms with van der Waals surface area (Å²) in [5, 5.41) is 0. The van der Waals surface area contributed by atoms with E-state index in [4.69, 9.17) is 0 Å². The summed E-state index contributed by atoms with van der Waals surface area (Å²) in [5.41, 5.74) is -11.3. The average molecular weight is 393 g/mol. The molecular formula is C15H9F10N. The predicted octanol–water partition coefficient (Wildman–Crippen LogP) is 6.09. The number of hydrogen-bond donors (Lipinski definition) is 0. The Morgan fingerprint density at radius 1 is 0.731 bits per heavy atom. The quantitative estimate of drug-likeness (QED) is 0.544. The second-order valence-electron chi connectivity index (χ2n) is 5.43. The number of nitrogens with zero attached hydrogens (tertiary/aromatic N) is 1. The molecule has 0 bridgehead atoms. The van der Waals surface area contributed by atoms with Crippen LogP contribution in [-0.2, 0) is 11.8 Å². The van der Waals surface area contributed by atoms with Crippen LogP contribution >= 0.6 is 0 Å². The molecule has 0 aliphatic rings. The van der Waals surface area contributed by atoms with E-state index in [2.05, 4.69) is 0 Å². The molecule has 0 aliphatic heterocycles. The molecule has 11 heteroatoms. The van der Waals surface area contributed by atoms with Crippen molar-refractivity contribution in [1.82, 2.24) is 4.57 Å². The highest BCUT2D eigenvalue weighted by Gasteiger charge is 2.73. The van der Waals surface area contributed by atoms with E-state index in [-0.39, 0.29) is 6.07 Å². The Morgan fingerprint density at radius 3 is 1.58 bits per heavy atom. The van der Waals surface area contributed by atoms with E-state index in [1.54, 1.807) is 0 Å². The summed E-state index contributed by atoms with van der Waals surface area (Å²) in [6.45, 7) is 0.862. The van der Waals surface area contributed by atoms with Crippen LogP contribution in [0.2, 0.25) is 0 Å². The minimum Gasteiger partial charge on any atom is -0.323 e. The summed E-state index contributed by atoms with van der Waals surface area (Å²) in [7, 11) is 0. The zero-order valence-corrected chi connectivity index (χ0v) is 12.7. The maximum absolute atomic E-state index is 14.1. The first-order chi connectivity index (χ1) is 11.6. The second kappa shape index (κ2) is 5.92. The fourth-order valence-corrected chi connectivity index (χ4v) is 2.51. The average Bonchev–Trinajstić information content (AvgIpc) is 2.95. The lowest BCUT2D eigenvalue weighted by molar-refractivity contribution is -0.348. The molecule has 0 radical (unpaired) electrons. The molecule has 0 aliphatic carbocycles. The van der Waals surface area contributed by atoms with Crippen LogP contribution in [0, 0.1) is 6.92 Å². The number of alkyl halides is 10. The SMILES string of the molecule is Cc1cc(C(F)(C(F)(F)F)C(F)(F)F)cc(C(F)(F)F)c1-n1cccc1. The maximum Gasteiger partial charge on any atom is 0.435 e. The van der Waals surface area contributed by atoms with Crippen LogP contribution in [0.4, 0.5) is 43.9 Å². The molecule has 0 saturated carbocycles. The van der Waals surface area contributed by atoms with Gasteiger partial charge in [-0.1, -0.05) is 6.07 Å². The molecule has 144 valence electrons. The number of hydrogen-bond acceptors (Lipinski definition) is 0. The number of benzene rings is 1. The lowest BCUT2D eigenvalue weighted by atomic mass is 9.90. The fourth-order valence-electron chi connectivity index (χ4n) is 2.51. The van der Waals surface area contributed by atoms with E-state index in [9.17, 15) is 43.9 Å². The van der Waals surface area contributed by atoms with E-state index in [0.29, 0.717) is 0 Å². The van der Waals surface area contributed by atoms with Gasteiger partial charge in [0.05, 0.1) is 11.3 Å². The highest BCUT2D eigenvalue weighted by Crippen LogP contribution is 2.54. The van der Waals surface area contributed by atoms with Crippen molar-refractivity contribution in [3.05, 3.63) is 53.3 Å². The molecule has 26 heavy (non-hydrogen) atoms. The van der Waals surface area contributed by atoms with E-state index in [1.807, 2.05) is 0 Å². The van der Waals surface area contributed by atoms with Crippen molar-refractivity contribution in [2.24, 2.45) is 0 Å². The standard InChI is InChI=1S/C15H9F10N/c1-8-6-9(12(16,14(20,21)22)15(23,24)25)7-10(13(17,18)19)11(8)26-4-2-3-5-26/h2-7H,1H3. The molecule has 0 atom stereocenters. The van der Waals surface area contributed by atoms with E-state index in [1.165, 1.54) is 12.1 Å². The first-order valence-corrected chi connectivity index (χ1v) is 6.78. The molecule has 1 nitrogen and oxygen atoms in total. The zero-order chi connectivity index (χ0) is 20.1. The third-order valence-corrected chi connectivity index (χ3v) is 3.65. The van der Waals surface area contributed by atoms with Gasteiger partial charge in [0, 0.05) is 18.0 Å². The summed E-state index contributed by atoms with van der Waals surface area (Å²) in [6, 6.07) is 2.27. The van der Waals surface area contributed by atoms with Gasteiger partial charge in [-0.25, -0.2) is 4.39 Å². The van der Waals surface area contributed by atoms with Crippen LogP contribution < -0.4 is 0 Å². The molecule has 1 heterocycles. The van der Waals surface area contributed by atoms with Crippen molar-refractivity contribution in [1.29, 1.82) is 0 Å². The first kappa shape index (κ1) is 20.1. The van der Waals surface area contributed by atoms with Crippen molar-refractivity contribution in [2.45, 2.75) is 31.1 Å². The largest absolute Gasteiger partial charge is 0.435 e. The molecule has 0 saturated heterocycles. The third-order valence-electron chi connectivity index (χ3n) is 3.65. The maximum atomic E-state index is 14.1. The Morgan fingerprint density at radius 2 is 1.19 bits per heavy atom. The smallest absolute Gasteiger partial charge is 0.323 e. The minimum atomic E-state index is -6.50. The summed E-state index contributed by atoms with van der Waals surface area (Å²) in [5.74, 6) is 0. The number of rotatable bonds is 2. The normalized spacial score (nSPS) is 14.0. The molecule has 2 aromatic rings. The molecule has 2 rings (SSSR count). The molecule has 0 spiro atoms. The number of aromatic nitrogens is 1. The van der Waals surface area contributed by atoms with Gasteiger partial charge in [-0.05, 0) is 30.7 Å². The highest BCUT2D eigenvalue weighted by atomic mass is 19.4. The summed E-state index contributed by atoms with van der Waals surface area (Å²) >= 11 is 0. The van der Waals surface area contributed by atoms with Gasteiger partial charge in [0.2, 0.25) is 0 Å². The first-order valence-electron chi connectivity index (χ1n) is 6.78. The Kier molecular flexibility index (Phi) is 4.58. The topological polar surface area (TPSA) is 4.93 Å². The van der Waals surface area contributed by atoms with E-state index < -0.39 is 52.6 Å². The summed E-state index contributed by atoms with van der Waals surface area (Å²) < 4.78 is 132. The third kappa shape index (κ3) is 3.14. The van der Waals surface area contributed by atoms with Gasteiger partial charge in [0.25, 0.3) is 0 Å². The van der Waals surface area contributed by atoms with Gasteiger partial charge in [-0.15, -0.1) is 0 Å². The molecule has 0 amide bonds. The Hall–Kier alpha value is -2.20. The highest BCUT2D eigenvalue weighted by molar-refractivity contribution is 5.53. The molecule has 1 aromatic heterocycles. The number of halogens is 10. The molecule has 0 fully saturated rings. The van der Waals surface area contributed by atoms with Crippen LogP contribution in [0.3, 0.4) is 0 Å². The van der Waals surface area contributed by atoms with Gasteiger partial charge in [-0.3, -0.25) is 0 Å². The van der Waals surface area contributed by atoms with E-state index in [0.717, 1.165) is 23.9 Å². The van der Waals surface area contributed by atoms with Gasteiger partial charge in [0.15, 0.2) is 0 Å². The van der Waals surface area contributed by atoms with Crippen molar-refractivity contribution >= 4 is 0 Å². The van der Waals surface area contributed by atoms with Crippen LogP contribution in [0.15, 0.2) is 36.7 Å². The van der Waals surface area contributed by atoms with Crippen LogP contribution in [0.1, 0.15) is 16.7 Å². The van der Waals surface area contributed by atoms with Crippen molar-refractivity contribution in [2.75, 3.05) is 0 Å². The van der Waals surface area contributed by atoms with Gasteiger partial charge in [0.1, 0.15) is 0 Å². The van der Waals surface area contributed by atoms with Crippen LogP contribution in [-0.4, -0.2) is 16.9 Å². The van der Waals surface area contributed by atoms with Crippen molar-refractivity contribution in [3.63, 3.8) is 0 Å². The monoisotopic (exact) mass is 393 g/mol. The van der Waals surface area contributed by atoms with Gasteiger partial charge >= 0.3 is 24.2 Å². The zero-order valence-electron chi connectivity index (χ0n) is 12.7. The van der Waals surface area contributed by atoms with Crippen LogP contribution in [0.5, 0.6) is 0 Å². The lowest BCUT2D eigenvalue weighted by Gasteiger charge is -2.31. The molecule has 0 unspecified atom stereocenters. The van der Waals surface area contributed by atoms with Crippen LogP contribution in [0.25, 0.3) is 5.69 Å². The summed E-state index contributed by atoms with van der Waals surface area (Å²) in [4.78, 5) is 0. The minimum absolute atomic E-state index is 0.117. The number of aryl methyl sites for hydroxylation is 1. The Labute approximate surface area is 139 Å². The predicted molar refractivity (Wildman–Crippen MR) is 70.4 cm³/mol. The Balaban J connectivity index is 2.87. The second-order valence-corrected chi connectivity index (χ2v) is 5.43. The molecular weight excluding hydrogens is 384 g/mol. The van der Waals surface area contributed by atoms with E-state index >= 15 is 0 Å². The van der Waals surface area contributed by atoms with Crippen molar-refractivity contribution in [3.8, 4) is 5.69 Å². The molecule has 1 aromatic carbocycles.